The Morgan fingerprint density at radius 3 is 0.813 bits per heavy atom. The Kier molecular flexibility index (Phi) is 59.8. The molecule has 0 rings (SSSR count). The van der Waals surface area contributed by atoms with Crippen LogP contribution in [0.2, 0.25) is 0 Å². The second-order valence-electron chi connectivity index (χ2n) is 20.9. The fourth-order valence-electron chi connectivity index (χ4n) is 8.83. The lowest BCUT2D eigenvalue weighted by molar-refractivity contribution is -0.167. The van der Waals surface area contributed by atoms with Crippen molar-refractivity contribution in [3.8, 4) is 0 Å². The number of carbonyl (C=O) groups is 3. The molecule has 6 heteroatoms. The van der Waals surface area contributed by atoms with Gasteiger partial charge in [0.25, 0.3) is 0 Å². The second-order valence-corrected chi connectivity index (χ2v) is 20.9. The first-order valence-corrected chi connectivity index (χ1v) is 31.7. The van der Waals surface area contributed by atoms with Crippen molar-refractivity contribution >= 4 is 17.9 Å². The van der Waals surface area contributed by atoms with Crippen LogP contribution in [-0.4, -0.2) is 37.2 Å². The number of unbranched alkanes of at least 4 members (excludes halogenated alkanes) is 30. The molecule has 0 radical (unpaired) electrons. The van der Waals surface area contributed by atoms with Gasteiger partial charge < -0.3 is 14.2 Å². The molecular formula is C69H118O6. The predicted molar refractivity (Wildman–Crippen MR) is 325 cm³/mol. The fourth-order valence-corrected chi connectivity index (χ4v) is 8.83. The lowest BCUT2D eigenvalue weighted by atomic mass is 10.0. The molecule has 0 bridgehead atoms. The van der Waals surface area contributed by atoms with Crippen molar-refractivity contribution < 1.29 is 28.6 Å². The van der Waals surface area contributed by atoms with Gasteiger partial charge in [0.1, 0.15) is 13.2 Å². The molecular weight excluding hydrogens is 925 g/mol. The highest BCUT2D eigenvalue weighted by atomic mass is 16.6. The van der Waals surface area contributed by atoms with Crippen LogP contribution in [0.25, 0.3) is 0 Å². The van der Waals surface area contributed by atoms with E-state index in [0.29, 0.717) is 19.3 Å². The minimum absolute atomic E-state index is 0.0812. The highest BCUT2D eigenvalue weighted by Gasteiger charge is 2.19. The molecule has 0 heterocycles. The third-order valence-electron chi connectivity index (χ3n) is 13.6. The molecule has 0 N–H and O–H groups in total. The van der Waals surface area contributed by atoms with Gasteiger partial charge in [-0.25, -0.2) is 0 Å². The third-order valence-corrected chi connectivity index (χ3v) is 13.6. The van der Waals surface area contributed by atoms with Gasteiger partial charge in [-0.05, 0) is 103 Å². The normalized spacial score (nSPS) is 12.7. The SMILES string of the molecule is CC/C=C\C/C=C\C/C=C\C/C=C\C/C=C\C/C=C\CCCCCCCCC(=O)OCC(COC(=O)CCCCCCCCCCC)OC(=O)CCCCCCCCCCCCC/C=C\C/C=C\CCCCCCC. The van der Waals surface area contributed by atoms with E-state index in [1.807, 2.05) is 0 Å². The van der Waals surface area contributed by atoms with E-state index in [1.165, 1.54) is 148 Å². The number of allylic oxidation sites excluding steroid dienone is 16. The maximum Gasteiger partial charge on any atom is 0.306 e. The van der Waals surface area contributed by atoms with Gasteiger partial charge >= 0.3 is 17.9 Å². The highest BCUT2D eigenvalue weighted by Crippen LogP contribution is 2.16. The molecule has 0 aliphatic heterocycles. The van der Waals surface area contributed by atoms with E-state index in [9.17, 15) is 14.4 Å². The first-order valence-electron chi connectivity index (χ1n) is 31.7. The van der Waals surface area contributed by atoms with E-state index < -0.39 is 6.10 Å². The average molecular weight is 1040 g/mol. The molecule has 0 amide bonds. The third kappa shape index (κ3) is 61.1. The number of rotatable bonds is 57. The molecule has 0 fully saturated rings. The highest BCUT2D eigenvalue weighted by molar-refractivity contribution is 5.71. The Morgan fingerprint density at radius 2 is 0.520 bits per heavy atom. The van der Waals surface area contributed by atoms with Crippen LogP contribution in [0.5, 0.6) is 0 Å². The molecule has 0 aromatic carbocycles. The van der Waals surface area contributed by atoms with Gasteiger partial charge in [0.15, 0.2) is 6.10 Å². The van der Waals surface area contributed by atoms with E-state index in [4.69, 9.17) is 14.2 Å². The standard InChI is InChI=1S/C69H118O6/c1-4-7-10-13-16-19-21-23-25-27-29-31-33-34-36-37-39-41-43-45-47-50-53-56-59-62-68(71)74-65-66(64-73-67(70)61-58-55-52-49-18-15-12-9-6-3)75-69(72)63-60-57-54-51-48-46-44-42-40-38-35-32-30-28-26-24-22-20-17-14-11-8-5-2/h7,10,16,19,22-25,28-31,34,36,39,41,66H,4-6,8-9,11-15,17-18,20-21,26-27,32-33,35,37-38,40,42-65H2,1-3H3/b10-7-,19-16-,24-22-,25-23-,30-28-,31-29-,36-34-,41-39-. The summed E-state index contributed by atoms with van der Waals surface area (Å²) in [6.45, 7) is 6.50. The zero-order chi connectivity index (χ0) is 54.3. The van der Waals surface area contributed by atoms with E-state index in [1.54, 1.807) is 0 Å². The van der Waals surface area contributed by atoms with Crippen LogP contribution in [0.3, 0.4) is 0 Å². The van der Waals surface area contributed by atoms with E-state index in [2.05, 4.69) is 118 Å². The summed E-state index contributed by atoms with van der Waals surface area (Å²) in [5.74, 6) is -0.893. The molecule has 0 spiro atoms. The van der Waals surface area contributed by atoms with Crippen molar-refractivity contribution in [3.05, 3.63) is 97.2 Å². The molecule has 6 nitrogen and oxygen atoms in total. The van der Waals surface area contributed by atoms with Gasteiger partial charge in [-0.1, -0.05) is 279 Å². The number of ether oxygens (including phenoxy) is 3. The zero-order valence-electron chi connectivity index (χ0n) is 49.3. The maximum absolute atomic E-state index is 12.9. The van der Waals surface area contributed by atoms with E-state index in [-0.39, 0.29) is 31.1 Å². The summed E-state index contributed by atoms with van der Waals surface area (Å²) in [5, 5.41) is 0. The lowest BCUT2D eigenvalue weighted by Crippen LogP contribution is -2.30. The molecule has 0 saturated carbocycles. The van der Waals surface area contributed by atoms with Gasteiger partial charge in [0.05, 0.1) is 0 Å². The Bertz CT molecular complexity index is 1480. The summed E-state index contributed by atoms with van der Waals surface area (Å²) in [5.41, 5.74) is 0. The van der Waals surface area contributed by atoms with Crippen LogP contribution in [-0.2, 0) is 28.6 Å². The van der Waals surface area contributed by atoms with Crippen molar-refractivity contribution in [3.63, 3.8) is 0 Å². The monoisotopic (exact) mass is 1040 g/mol. The van der Waals surface area contributed by atoms with Crippen LogP contribution < -0.4 is 0 Å². The fraction of sp³-hybridized carbons (Fsp3) is 0.725. The second kappa shape index (κ2) is 62.9. The lowest BCUT2D eigenvalue weighted by Gasteiger charge is -2.18. The molecule has 0 saturated heterocycles. The molecule has 0 aliphatic rings. The van der Waals surface area contributed by atoms with E-state index >= 15 is 0 Å². The van der Waals surface area contributed by atoms with Gasteiger partial charge in [-0.15, -0.1) is 0 Å². The Balaban J connectivity index is 4.27. The van der Waals surface area contributed by atoms with Gasteiger partial charge in [-0.2, -0.15) is 0 Å². The van der Waals surface area contributed by atoms with Crippen LogP contribution in [0, 0.1) is 0 Å². The zero-order valence-corrected chi connectivity index (χ0v) is 49.3. The van der Waals surface area contributed by atoms with Crippen molar-refractivity contribution in [1.82, 2.24) is 0 Å². The number of carbonyl (C=O) groups excluding carboxylic acids is 3. The Morgan fingerprint density at radius 1 is 0.280 bits per heavy atom. The maximum atomic E-state index is 12.9. The average Bonchev–Trinajstić information content (AvgIpc) is 3.41. The summed E-state index contributed by atoms with van der Waals surface area (Å²) < 4.78 is 16.9. The Hall–Kier alpha value is -3.67. The van der Waals surface area contributed by atoms with Crippen molar-refractivity contribution in [2.45, 2.75) is 309 Å². The van der Waals surface area contributed by atoms with Crippen molar-refractivity contribution in [2.24, 2.45) is 0 Å². The molecule has 0 aliphatic carbocycles. The summed E-state index contributed by atoms with van der Waals surface area (Å²) in [6.07, 6.45) is 84.2. The van der Waals surface area contributed by atoms with Crippen LogP contribution in [0.15, 0.2) is 97.2 Å². The number of hydrogen-bond donors (Lipinski definition) is 0. The number of esters is 3. The minimum atomic E-state index is -0.784. The Labute approximate surface area is 464 Å². The smallest absolute Gasteiger partial charge is 0.306 e. The van der Waals surface area contributed by atoms with Crippen molar-refractivity contribution in [1.29, 1.82) is 0 Å². The van der Waals surface area contributed by atoms with Crippen LogP contribution in [0.4, 0.5) is 0 Å². The first kappa shape index (κ1) is 71.3. The molecule has 430 valence electrons. The summed E-state index contributed by atoms with van der Waals surface area (Å²) in [6, 6.07) is 0. The quantitative estimate of drug-likeness (QED) is 0.0261. The summed E-state index contributed by atoms with van der Waals surface area (Å²) in [4.78, 5) is 38.2. The van der Waals surface area contributed by atoms with Crippen LogP contribution >= 0.6 is 0 Å². The van der Waals surface area contributed by atoms with E-state index in [0.717, 1.165) is 116 Å². The van der Waals surface area contributed by atoms with Crippen molar-refractivity contribution in [2.75, 3.05) is 13.2 Å². The van der Waals surface area contributed by atoms with Gasteiger partial charge in [-0.3, -0.25) is 14.4 Å². The summed E-state index contributed by atoms with van der Waals surface area (Å²) >= 11 is 0. The summed E-state index contributed by atoms with van der Waals surface area (Å²) in [7, 11) is 0. The topological polar surface area (TPSA) is 78.9 Å². The molecule has 1 unspecified atom stereocenters. The number of hydrogen-bond acceptors (Lipinski definition) is 6. The molecule has 1 atom stereocenters. The minimum Gasteiger partial charge on any atom is -0.462 e. The largest absolute Gasteiger partial charge is 0.462 e. The van der Waals surface area contributed by atoms with Gasteiger partial charge in [0, 0.05) is 19.3 Å². The first-order chi connectivity index (χ1) is 37.0. The molecule has 0 aromatic heterocycles. The molecule has 0 aromatic rings. The predicted octanol–water partition coefficient (Wildman–Crippen LogP) is 21.7. The molecule has 75 heavy (non-hydrogen) atoms. The van der Waals surface area contributed by atoms with Gasteiger partial charge in [0.2, 0.25) is 0 Å². The van der Waals surface area contributed by atoms with Crippen LogP contribution in [0.1, 0.15) is 303 Å².